The number of methoxy groups -OCH3 is 1. The van der Waals surface area contributed by atoms with Crippen LogP contribution in [0.1, 0.15) is 36.3 Å². The van der Waals surface area contributed by atoms with Gasteiger partial charge in [0.2, 0.25) is 0 Å². The van der Waals surface area contributed by atoms with Crippen molar-refractivity contribution in [3.8, 4) is 0 Å². The van der Waals surface area contributed by atoms with Gasteiger partial charge in [0.05, 0.1) is 17.9 Å². The number of aromatic nitrogens is 2. The molecule has 0 spiro atoms. The number of ether oxygens (including phenoxy) is 2. The van der Waals surface area contributed by atoms with Crippen molar-refractivity contribution in [3.63, 3.8) is 0 Å². The number of aromatic carboxylic acids is 1. The second-order valence-electron chi connectivity index (χ2n) is 4.45. The normalized spacial score (nSPS) is 11.5. The lowest BCUT2D eigenvalue weighted by molar-refractivity contribution is -0.0129. The van der Waals surface area contributed by atoms with Gasteiger partial charge in [-0.05, 0) is 20.3 Å². The summed E-state index contributed by atoms with van der Waals surface area (Å²) in [5.41, 5.74) is 0.206. The Labute approximate surface area is 106 Å². The summed E-state index contributed by atoms with van der Waals surface area (Å²) in [7, 11) is 1.65. The predicted molar refractivity (Wildman–Crippen MR) is 64.4 cm³/mol. The minimum Gasteiger partial charge on any atom is -0.478 e. The van der Waals surface area contributed by atoms with Gasteiger partial charge in [-0.2, -0.15) is 0 Å². The maximum absolute atomic E-state index is 10.9. The molecule has 18 heavy (non-hydrogen) atoms. The molecule has 100 valence electrons. The third kappa shape index (κ3) is 4.38. The first-order chi connectivity index (χ1) is 8.46. The summed E-state index contributed by atoms with van der Waals surface area (Å²) < 4.78 is 10.7. The van der Waals surface area contributed by atoms with Crippen LogP contribution in [0, 0.1) is 0 Å². The summed E-state index contributed by atoms with van der Waals surface area (Å²) in [4.78, 5) is 18.5. The fourth-order valence-electron chi connectivity index (χ4n) is 1.24. The molecule has 1 N–H and O–H groups in total. The Hall–Kier alpha value is -1.53. The number of hydrogen-bond donors (Lipinski definition) is 1. The van der Waals surface area contributed by atoms with Gasteiger partial charge in [0.15, 0.2) is 0 Å². The molecule has 0 aliphatic carbocycles. The largest absolute Gasteiger partial charge is 0.478 e. The van der Waals surface area contributed by atoms with Gasteiger partial charge in [-0.25, -0.2) is 14.8 Å². The van der Waals surface area contributed by atoms with Crippen LogP contribution in [-0.2, 0) is 16.1 Å². The van der Waals surface area contributed by atoms with Crippen LogP contribution < -0.4 is 0 Å². The molecule has 0 bridgehead atoms. The zero-order valence-corrected chi connectivity index (χ0v) is 10.8. The Balaban J connectivity index is 2.47. The Kier molecular flexibility index (Phi) is 5.18. The fourth-order valence-corrected chi connectivity index (χ4v) is 1.24. The van der Waals surface area contributed by atoms with Crippen LogP contribution in [-0.4, -0.2) is 40.4 Å². The smallest absolute Gasteiger partial charge is 0.339 e. The second-order valence-corrected chi connectivity index (χ2v) is 4.45. The standard InChI is InChI=1S/C12H18N2O4/c1-12(2,17-3)4-5-18-7-10-9(11(15)16)6-13-8-14-10/h6,8H,4-5,7H2,1-3H3,(H,15,16). The molecule has 0 unspecified atom stereocenters. The van der Waals surface area contributed by atoms with Crippen molar-refractivity contribution < 1.29 is 19.4 Å². The van der Waals surface area contributed by atoms with Gasteiger partial charge >= 0.3 is 5.97 Å². The Morgan fingerprint density at radius 2 is 2.22 bits per heavy atom. The molecular weight excluding hydrogens is 236 g/mol. The quantitative estimate of drug-likeness (QED) is 0.743. The highest BCUT2D eigenvalue weighted by molar-refractivity contribution is 5.88. The van der Waals surface area contributed by atoms with Gasteiger partial charge in [0.1, 0.15) is 11.9 Å². The number of nitrogens with zero attached hydrogens (tertiary/aromatic N) is 2. The molecule has 1 rings (SSSR count). The zero-order valence-electron chi connectivity index (χ0n) is 10.8. The number of carboxylic acids is 1. The Morgan fingerprint density at radius 3 is 2.83 bits per heavy atom. The van der Waals surface area contributed by atoms with E-state index in [0.29, 0.717) is 12.3 Å². The number of rotatable bonds is 7. The van der Waals surface area contributed by atoms with Crippen LogP contribution in [0.5, 0.6) is 0 Å². The van der Waals surface area contributed by atoms with Crippen LogP contribution in [0.4, 0.5) is 0 Å². The Morgan fingerprint density at radius 1 is 1.50 bits per heavy atom. The minimum absolute atomic E-state index is 0.0727. The number of carbonyl (C=O) groups is 1. The predicted octanol–water partition coefficient (Wildman–Crippen LogP) is 1.51. The Bertz CT molecular complexity index is 407. The molecule has 1 aromatic heterocycles. The zero-order chi connectivity index (χ0) is 13.6. The van der Waals surface area contributed by atoms with Crippen LogP contribution >= 0.6 is 0 Å². The third-order valence-corrected chi connectivity index (χ3v) is 2.67. The van der Waals surface area contributed by atoms with Crippen LogP contribution in [0.2, 0.25) is 0 Å². The highest BCUT2D eigenvalue weighted by Gasteiger charge is 2.16. The third-order valence-electron chi connectivity index (χ3n) is 2.67. The lowest BCUT2D eigenvalue weighted by atomic mass is 10.1. The number of hydrogen-bond acceptors (Lipinski definition) is 5. The number of carboxylic acid groups (broad SMARTS) is 1. The van der Waals surface area contributed by atoms with E-state index in [9.17, 15) is 4.79 Å². The van der Waals surface area contributed by atoms with Gasteiger partial charge < -0.3 is 14.6 Å². The van der Waals surface area contributed by atoms with Crippen molar-refractivity contribution in [3.05, 3.63) is 23.8 Å². The van der Waals surface area contributed by atoms with Crippen molar-refractivity contribution in [1.82, 2.24) is 9.97 Å². The molecule has 0 radical (unpaired) electrons. The molecule has 0 saturated carbocycles. The van der Waals surface area contributed by atoms with Gasteiger partial charge in [-0.1, -0.05) is 0 Å². The van der Waals surface area contributed by atoms with Crippen molar-refractivity contribution in [2.24, 2.45) is 0 Å². The van der Waals surface area contributed by atoms with E-state index >= 15 is 0 Å². The van der Waals surface area contributed by atoms with Crippen LogP contribution in [0.3, 0.4) is 0 Å². The highest BCUT2D eigenvalue weighted by Crippen LogP contribution is 2.13. The summed E-state index contributed by atoms with van der Waals surface area (Å²) in [6.45, 7) is 4.56. The summed E-state index contributed by atoms with van der Waals surface area (Å²) in [5.74, 6) is -1.05. The van der Waals surface area contributed by atoms with Crippen molar-refractivity contribution in [2.45, 2.75) is 32.5 Å². The molecule has 6 nitrogen and oxygen atoms in total. The topological polar surface area (TPSA) is 81.5 Å². The van der Waals surface area contributed by atoms with Gasteiger partial charge in [0, 0.05) is 19.9 Å². The van der Waals surface area contributed by atoms with Gasteiger partial charge in [-0.15, -0.1) is 0 Å². The molecular formula is C12H18N2O4. The average molecular weight is 254 g/mol. The summed E-state index contributed by atoms with van der Waals surface area (Å²) in [6, 6.07) is 0. The molecule has 1 aromatic rings. The van der Waals surface area contributed by atoms with E-state index in [1.54, 1.807) is 7.11 Å². The van der Waals surface area contributed by atoms with E-state index in [-0.39, 0.29) is 17.8 Å². The summed E-state index contributed by atoms with van der Waals surface area (Å²) >= 11 is 0. The SMILES string of the molecule is COC(C)(C)CCOCc1ncncc1C(=O)O. The summed E-state index contributed by atoms with van der Waals surface area (Å²) in [5, 5.41) is 8.93. The first kappa shape index (κ1) is 14.5. The molecule has 0 fully saturated rings. The fraction of sp³-hybridized carbons (Fsp3) is 0.583. The molecule has 0 amide bonds. The highest BCUT2D eigenvalue weighted by atomic mass is 16.5. The van der Waals surface area contributed by atoms with Crippen LogP contribution in [0.25, 0.3) is 0 Å². The average Bonchev–Trinajstić information content (AvgIpc) is 2.35. The lowest BCUT2D eigenvalue weighted by Gasteiger charge is -2.22. The van der Waals surface area contributed by atoms with E-state index in [1.165, 1.54) is 12.5 Å². The summed E-state index contributed by atoms with van der Waals surface area (Å²) in [6.07, 6.45) is 3.30. The molecule has 0 aromatic carbocycles. The maximum Gasteiger partial charge on any atom is 0.339 e. The molecule has 0 aliphatic rings. The lowest BCUT2D eigenvalue weighted by Crippen LogP contribution is -2.24. The first-order valence-electron chi connectivity index (χ1n) is 5.61. The minimum atomic E-state index is -1.05. The molecule has 0 atom stereocenters. The van der Waals surface area contributed by atoms with E-state index in [0.717, 1.165) is 6.42 Å². The van der Waals surface area contributed by atoms with Gasteiger partial charge in [0.25, 0.3) is 0 Å². The molecule has 6 heteroatoms. The first-order valence-corrected chi connectivity index (χ1v) is 5.61. The van der Waals surface area contributed by atoms with E-state index in [1.807, 2.05) is 13.8 Å². The van der Waals surface area contributed by atoms with Gasteiger partial charge in [-0.3, -0.25) is 0 Å². The molecule has 1 heterocycles. The van der Waals surface area contributed by atoms with Crippen LogP contribution in [0.15, 0.2) is 12.5 Å². The van der Waals surface area contributed by atoms with Crippen molar-refractivity contribution in [1.29, 1.82) is 0 Å². The van der Waals surface area contributed by atoms with Crippen molar-refractivity contribution in [2.75, 3.05) is 13.7 Å². The monoisotopic (exact) mass is 254 g/mol. The maximum atomic E-state index is 10.9. The van der Waals surface area contributed by atoms with E-state index < -0.39 is 5.97 Å². The van der Waals surface area contributed by atoms with E-state index in [4.69, 9.17) is 14.6 Å². The molecule has 0 aliphatic heterocycles. The second kappa shape index (κ2) is 6.42. The van der Waals surface area contributed by atoms with E-state index in [2.05, 4.69) is 9.97 Å². The molecule has 0 saturated heterocycles. The van der Waals surface area contributed by atoms with Crippen molar-refractivity contribution >= 4 is 5.97 Å².